The summed E-state index contributed by atoms with van der Waals surface area (Å²) in [5, 5.41) is 12.9. The number of para-hydroxylation sites is 1. The lowest BCUT2D eigenvalue weighted by molar-refractivity contribution is -0.123. The molecule has 0 aliphatic rings. The summed E-state index contributed by atoms with van der Waals surface area (Å²) in [6.45, 7) is -0.100. The predicted molar refractivity (Wildman–Crippen MR) is 93.2 cm³/mol. The minimum Gasteiger partial charge on any atom is -0.497 e. The van der Waals surface area contributed by atoms with E-state index in [2.05, 4.69) is 16.4 Å². The van der Waals surface area contributed by atoms with E-state index in [0.29, 0.717) is 6.54 Å². The van der Waals surface area contributed by atoms with E-state index in [-0.39, 0.29) is 11.8 Å². The number of aliphatic hydroxyl groups excluding tert-OH is 1. The van der Waals surface area contributed by atoms with Crippen molar-refractivity contribution >= 4 is 16.8 Å². The molecule has 1 aromatic heterocycles. The first kappa shape index (κ1) is 16.1. The Morgan fingerprint density at radius 1 is 1.21 bits per heavy atom. The Balaban J connectivity index is 1.98. The number of fused-ring (bicyclic) bond motifs is 1. The Kier molecular flexibility index (Phi) is 4.82. The van der Waals surface area contributed by atoms with Gasteiger partial charge in [-0.2, -0.15) is 0 Å². The summed E-state index contributed by atoms with van der Waals surface area (Å²) in [5.74, 6) is 0.381. The van der Waals surface area contributed by atoms with Gasteiger partial charge in [-0.25, -0.2) is 0 Å². The number of H-pyrrole nitrogens is 1. The lowest BCUT2D eigenvalue weighted by Gasteiger charge is -2.18. The van der Waals surface area contributed by atoms with Crippen LogP contribution in [0, 0.1) is 0 Å². The molecule has 0 fully saturated rings. The topological polar surface area (TPSA) is 74.3 Å². The average molecular weight is 324 g/mol. The number of aromatic nitrogens is 1. The number of rotatable bonds is 6. The van der Waals surface area contributed by atoms with Crippen LogP contribution in [0.25, 0.3) is 10.9 Å². The Bertz CT molecular complexity index is 824. The molecule has 1 amide bonds. The maximum atomic E-state index is 11.5. The van der Waals surface area contributed by atoms with Crippen LogP contribution < -0.4 is 10.1 Å². The summed E-state index contributed by atoms with van der Waals surface area (Å²) >= 11 is 0. The van der Waals surface area contributed by atoms with Gasteiger partial charge in [0.25, 0.3) is 0 Å². The van der Waals surface area contributed by atoms with E-state index >= 15 is 0 Å². The van der Waals surface area contributed by atoms with Crippen LogP contribution in [0.15, 0.2) is 54.7 Å². The summed E-state index contributed by atoms with van der Waals surface area (Å²) in [5.41, 5.74) is 3.23. The van der Waals surface area contributed by atoms with E-state index in [4.69, 9.17) is 9.84 Å². The van der Waals surface area contributed by atoms with Crippen LogP contribution in [0.4, 0.5) is 0 Å². The van der Waals surface area contributed by atoms with Gasteiger partial charge in [0.1, 0.15) is 12.4 Å². The summed E-state index contributed by atoms with van der Waals surface area (Å²) in [4.78, 5) is 14.8. The predicted octanol–water partition coefficient (Wildman–Crippen LogP) is 2.42. The fourth-order valence-electron chi connectivity index (χ4n) is 2.90. The van der Waals surface area contributed by atoms with Crippen LogP contribution in [0.1, 0.15) is 17.0 Å². The highest BCUT2D eigenvalue weighted by atomic mass is 16.5. The molecule has 1 unspecified atom stereocenters. The largest absolute Gasteiger partial charge is 0.497 e. The fraction of sp³-hybridized carbons (Fsp3) is 0.211. The van der Waals surface area contributed by atoms with Crippen molar-refractivity contribution in [3.63, 3.8) is 0 Å². The number of hydrogen-bond acceptors (Lipinski definition) is 3. The van der Waals surface area contributed by atoms with E-state index in [9.17, 15) is 4.79 Å². The van der Waals surface area contributed by atoms with Gasteiger partial charge in [-0.15, -0.1) is 0 Å². The molecule has 0 bridgehead atoms. The number of carbonyl (C=O) groups excluding carboxylic acids is 1. The van der Waals surface area contributed by atoms with Crippen molar-refractivity contribution in [2.75, 3.05) is 20.3 Å². The van der Waals surface area contributed by atoms with Crippen LogP contribution in [0.3, 0.4) is 0 Å². The maximum Gasteiger partial charge on any atom is 0.245 e. The Morgan fingerprint density at radius 2 is 1.96 bits per heavy atom. The van der Waals surface area contributed by atoms with Gasteiger partial charge in [-0.05, 0) is 29.3 Å². The van der Waals surface area contributed by atoms with Gasteiger partial charge in [-0.3, -0.25) is 4.79 Å². The van der Waals surface area contributed by atoms with E-state index < -0.39 is 6.61 Å². The minimum atomic E-state index is -0.511. The number of benzene rings is 2. The number of ether oxygens (including phenoxy) is 1. The SMILES string of the molecule is COc1ccc(C(CNC(=O)CO)c2c[nH]c3ccccc23)cc1. The second-order valence-corrected chi connectivity index (χ2v) is 5.58. The first-order chi connectivity index (χ1) is 11.7. The summed E-state index contributed by atoms with van der Waals surface area (Å²) in [6, 6.07) is 15.9. The molecule has 5 nitrogen and oxygen atoms in total. The standard InChI is InChI=1S/C19H20N2O3/c1-24-14-8-6-13(7-9-14)16(10-21-19(23)12-22)17-11-20-18-5-3-2-4-15(17)18/h2-9,11,16,20,22H,10,12H2,1H3,(H,21,23). The maximum absolute atomic E-state index is 11.5. The van der Waals surface area contributed by atoms with Crippen molar-refractivity contribution < 1.29 is 14.6 Å². The highest BCUT2D eigenvalue weighted by Crippen LogP contribution is 2.31. The van der Waals surface area contributed by atoms with E-state index in [1.54, 1.807) is 7.11 Å². The molecule has 0 aliphatic carbocycles. The van der Waals surface area contributed by atoms with E-state index in [0.717, 1.165) is 27.8 Å². The summed E-state index contributed by atoms with van der Waals surface area (Å²) < 4.78 is 5.22. The number of methoxy groups -OCH3 is 1. The zero-order chi connectivity index (χ0) is 16.9. The Morgan fingerprint density at radius 3 is 2.67 bits per heavy atom. The number of hydrogen-bond donors (Lipinski definition) is 3. The third-order valence-electron chi connectivity index (χ3n) is 4.16. The van der Waals surface area contributed by atoms with E-state index in [1.807, 2.05) is 48.7 Å². The smallest absolute Gasteiger partial charge is 0.245 e. The molecule has 24 heavy (non-hydrogen) atoms. The van der Waals surface area contributed by atoms with Crippen LogP contribution >= 0.6 is 0 Å². The van der Waals surface area contributed by atoms with Crippen molar-refractivity contribution in [1.29, 1.82) is 0 Å². The monoisotopic (exact) mass is 324 g/mol. The normalized spacial score (nSPS) is 12.1. The van der Waals surface area contributed by atoms with Gasteiger partial charge in [-0.1, -0.05) is 30.3 Å². The molecule has 0 saturated carbocycles. The number of aromatic amines is 1. The number of amides is 1. The third-order valence-corrected chi connectivity index (χ3v) is 4.16. The molecule has 5 heteroatoms. The average Bonchev–Trinajstić information content (AvgIpc) is 3.06. The summed E-state index contributed by atoms with van der Waals surface area (Å²) in [6.07, 6.45) is 1.98. The molecule has 0 saturated heterocycles. The fourth-order valence-corrected chi connectivity index (χ4v) is 2.90. The lowest BCUT2D eigenvalue weighted by atomic mass is 9.91. The van der Waals surface area contributed by atoms with Crippen LogP contribution in [-0.2, 0) is 4.79 Å². The first-order valence-corrected chi connectivity index (χ1v) is 7.80. The molecule has 3 N–H and O–H groups in total. The van der Waals surface area contributed by atoms with Gasteiger partial charge < -0.3 is 20.1 Å². The number of nitrogens with one attached hydrogen (secondary N) is 2. The highest BCUT2D eigenvalue weighted by molar-refractivity contribution is 5.84. The second kappa shape index (κ2) is 7.19. The Labute approximate surface area is 140 Å². The molecule has 3 rings (SSSR count). The molecule has 124 valence electrons. The van der Waals surface area contributed by atoms with E-state index in [1.165, 1.54) is 0 Å². The van der Waals surface area contributed by atoms with Gasteiger partial charge in [0.05, 0.1) is 7.11 Å². The van der Waals surface area contributed by atoms with Gasteiger partial charge >= 0.3 is 0 Å². The molecular weight excluding hydrogens is 304 g/mol. The molecular formula is C19H20N2O3. The highest BCUT2D eigenvalue weighted by Gasteiger charge is 2.19. The molecule has 1 heterocycles. The number of carbonyl (C=O) groups is 1. The van der Waals surface area contributed by atoms with Crippen LogP contribution in [0.2, 0.25) is 0 Å². The Hall–Kier alpha value is -2.79. The minimum absolute atomic E-state index is 0.0254. The lowest BCUT2D eigenvalue weighted by Crippen LogP contribution is -2.30. The molecule has 0 aliphatic heterocycles. The summed E-state index contributed by atoms with van der Waals surface area (Å²) in [7, 11) is 1.63. The van der Waals surface area contributed by atoms with Crippen molar-refractivity contribution in [3.05, 3.63) is 65.9 Å². The van der Waals surface area contributed by atoms with Gasteiger partial charge in [0, 0.05) is 29.6 Å². The van der Waals surface area contributed by atoms with Crippen molar-refractivity contribution in [2.24, 2.45) is 0 Å². The van der Waals surface area contributed by atoms with Crippen LogP contribution in [-0.4, -0.2) is 36.3 Å². The van der Waals surface area contributed by atoms with Crippen molar-refractivity contribution in [1.82, 2.24) is 10.3 Å². The first-order valence-electron chi connectivity index (χ1n) is 7.80. The molecule has 2 aromatic carbocycles. The molecule has 1 atom stereocenters. The molecule has 3 aromatic rings. The van der Waals surface area contributed by atoms with Gasteiger partial charge in [0.2, 0.25) is 5.91 Å². The third kappa shape index (κ3) is 3.26. The van der Waals surface area contributed by atoms with Crippen molar-refractivity contribution in [2.45, 2.75) is 5.92 Å². The second-order valence-electron chi connectivity index (χ2n) is 5.58. The number of aliphatic hydroxyl groups is 1. The van der Waals surface area contributed by atoms with Crippen molar-refractivity contribution in [3.8, 4) is 5.75 Å². The molecule has 0 spiro atoms. The van der Waals surface area contributed by atoms with Gasteiger partial charge in [0.15, 0.2) is 0 Å². The molecule has 0 radical (unpaired) electrons. The zero-order valence-corrected chi connectivity index (χ0v) is 13.5. The zero-order valence-electron chi connectivity index (χ0n) is 13.5. The van der Waals surface area contributed by atoms with Crippen LogP contribution in [0.5, 0.6) is 5.75 Å². The quantitative estimate of drug-likeness (QED) is 0.652.